The Morgan fingerprint density at radius 2 is 1.80 bits per heavy atom. The van der Waals surface area contributed by atoms with Crippen LogP contribution in [0.25, 0.3) is 0 Å². The summed E-state index contributed by atoms with van der Waals surface area (Å²) >= 11 is 0. The number of aliphatic hydroxyl groups excluding tert-OH is 1. The van der Waals surface area contributed by atoms with Crippen molar-refractivity contribution < 1.29 is 27.8 Å². The lowest BCUT2D eigenvalue weighted by Gasteiger charge is -2.29. The Morgan fingerprint density at radius 3 is 2.43 bits per heavy atom. The van der Waals surface area contributed by atoms with Gasteiger partial charge in [0.15, 0.2) is 11.6 Å². The predicted octanol–water partition coefficient (Wildman–Crippen LogP) is 6.07. The summed E-state index contributed by atoms with van der Waals surface area (Å²) in [5.41, 5.74) is 0.588. The number of benzene rings is 2. The van der Waals surface area contributed by atoms with E-state index in [1.54, 1.807) is 18.2 Å². The smallest absolute Gasteiger partial charge is 0.200 e. The quantitative estimate of drug-likeness (QED) is 0.527. The number of rotatable bonds is 8. The van der Waals surface area contributed by atoms with Crippen LogP contribution in [0.15, 0.2) is 43.0 Å². The van der Waals surface area contributed by atoms with Crippen molar-refractivity contribution in [1.82, 2.24) is 0 Å². The average molecular weight is 420 g/mol. The van der Waals surface area contributed by atoms with E-state index < -0.39 is 17.7 Å². The molecule has 2 aromatic rings. The van der Waals surface area contributed by atoms with Gasteiger partial charge in [0, 0.05) is 11.6 Å². The van der Waals surface area contributed by atoms with Gasteiger partial charge in [-0.25, -0.2) is 8.78 Å². The van der Waals surface area contributed by atoms with Crippen molar-refractivity contribution in [3.8, 4) is 11.5 Å². The molecule has 0 heterocycles. The van der Waals surface area contributed by atoms with Gasteiger partial charge in [-0.15, -0.1) is 0 Å². The first-order valence-corrected chi connectivity index (χ1v) is 10.2. The van der Waals surface area contributed by atoms with Crippen LogP contribution in [-0.2, 0) is 0 Å². The number of hydrogen-bond acceptors (Lipinski definition) is 3. The van der Waals surface area contributed by atoms with Crippen LogP contribution < -0.4 is 9.47 Å². The van der Waals surface area contributed by atoms with Gasteiger partial charge in [-0.2, -0.15) is 4.39 Å². The van der Waals surface area contributed by atoms with Gasteiger partial charge in [0.2, 0.25) is 5.82 Å². The highest BCUT2D eigenvalue weighted by atomic mass is 19.2. The Bertz CT molecular complexity index is 874. The Balaban J connectivity index is 1.54. The molecule has 0 amide bonds. The van der Waals surface area contributed by atoms with Crippen LogP contribution in [0.3, 0.4) is 0 Å². The number of aliphatic hydroxyl groups is 1. The highest BCUT2D eigenvalue weighted by Crippen LogP contribution is 2.38. The van der Waals surface area contributed by atoms with E-state index in [2.05, 4.69) is 6.58 Å². The van der Waals surface area contributed by atoms with Crippen LogP contribution in [0.1, 0.15) is 55.8 Å². The standard InChI is InChI=1S/C24H27F3O3/c1-3-12-29-18-8-9-20(21(25)13-18)17-6-4-16(5-7-17)14-30-22-11-10-19(15(2)28)23(26)24(22)27/h3,8-11,13,15-17,28H,1,4-7,12,14H2,2H3. The van der Waals surface area contributed by atoms with E-state index in [1.807, 2.05) is 0 Å². The molecule has 3 nitrogen and oxygen atoms in total. The zero-order valence-electron chi connectivity index (χ0n) is 17.0. The highest BCUT2D eigenvalue weighted by Gasteiger charge is 2.26. The summed E-state index contributed by atoms with van der Waals surface area (Å²) in [6.07, 6.45) is 3.75. The lowest BCUT2D eigenvalue weighted by molar-refractivity contribution is 0.184. The minimum absolute atomic E-state index is 0.0942. The van der Waals surface area contributed by atoms with E-state index in [0.29, 0.717) is 17.9 Å². The topological polar surface area (TPSA) is 38.7 Å². The zero-order valence-corrected chi connectivity index (χ0v) is 17.0. The molecule has 1 saturated carbocycles. The Kier molecular flexibility index (Phi) is 7.43. The monoisotopic (exact) mass is 420 g/mol. The van der Waals surface area contributed by atoms with E-state index in [-0.39, 0.29) is 35.6 Å². The fourth-order valence-electron chi connectivity index (χ4n) is 3.91. The molecular formula is C24H27F3O3. The first-order valence-electron chi connectivity index (χ1n) is 10.2. The summed E-state index contributed by atoms with van der Waals surface area (Å²) in [6, 6.07) is 7.63. The molecule has 0 saturated heterocycles. The molecule has 1 unspecified atom stereocenters. The summed E-state index contributed by atoms with van der Waals surface area (Å²) in [7, 11) is 0. The third kappa shape index (κ3) is 5.17. The molecule has 1 aliphatic carbocycles. The first kappa shape index (κ1) is 22.2. The third-order valence-electron chi connectivity index (χ3n) is 5.63. The molecule has 3 rings (SSSR count). The third-order valence-corrected chi connectivity index (χ3v) is 5.63. The van der Waals surface area contributed by atoms with Gasteiger partial charge < -0.3 is 14.6 Å². The molecule has 0 radical (unpaired) electrons. The molecular weight excluding hydrogens is 393 g/mol. The molecule has 6 heteroatoms. The molecule has 1 N–H and O–H groups in total. The van der Waals surface area contributed by atoms with Gasteiger partial charge in [0.25, 0.3) is 0 Å². The Morgan fingerprint density at radius 1 is 1.07 bits per heavy atom. The van der Waals surface area contributed by atoms with Gasteiger partial charge in [0.05, 0.1) is 12.7 Å². The molecule has 162 valence electrons. The summed E-state index contributed by atoms with van der Waals surface area (Å²) < 4.78 is 53.5. The molecule has 1 fully saturated rings. The van der Waals surface area contributed by atoms with Crippen LogP contribution in [-0.4, -0.2) is 18.3 Å². The molecule has 0 aromatic heterocycles. The van der Waals surface area contributed by atoms with Crippen molar-refractivity contribution in [2.45, 2.75) is 44.6 Å². The van der Waals surface area contributed by atoms with Crippen molar-refractivity contribution in [3.63, 3.8) is 0 Å². The van der Waals surface area contributed by atoms with E-state index in [9.17, 15) is 18.3 Å². The summed E-state index contributed by atoms with van der Waals surface area (Å²) in [6.45, 7) is 5.55. The van der Waals surface area contributed by atoms with E-state index in [0.717, 1.165) is 25.7 Å². The highest BCUT2D eigenvalue weighted by molar-refractivity contribution is 5.33. The Hall–Kier alpha value is -2.47. The molecule has 1 atom stereocenters. The maximum atomic E-state index is 14.5. The fourth-order valence-corrected chi connectivity index (χ4v) is 3.91. The minimum Gasteiger partial charge on any atom is -0.490 e. The Labute approximate surface area is 175 Å². The van der Waals surface area contributed by atoms with Gasteiger partial charge >= 0.3 is 0 Å². The second-order valence-electron chi connectivity index (χ2n) is 7.77. The first-order chi connectivity index (χ1) is 14.4. The SMILES string of the molecule is C=CCOc1ccc(C2CCC(COc3ccc(C(C)O)c(F)c3F)CC2)c(F)c1. The van der Waals surface area contributed by atoms with Crippen LogP contribution in [0, 0.1) is 23.4 Å². The van der Waals surface area contributed by atoms with Gasteiger partial charge in [-0.1, -0.05) is 18.7 Å². The minimum atomic E-state index is -1.09. The molecule has 2 aromatic carbocycles. The van der Waals surface area contributed by atoms with E-state index in [4.69, 9.17) is 9.47 Å². The number of ether oxygens (including phenoxy) is 2. The summed E-state index contributed by atoms with van der Waals surface area (Å²) in [5, 5.41) is 9.46. The van der Waals surface area contributed by atoms with Gasteiger partial charge in [0.1, 0.15) is 18.2 Å². The normalized spacial score (nSPS) is 19.9. The van der Waals surface area contributed by atoms with Crippen molar-refractivity contribution in [2.24, 2.45) is 5.92 Å². The molecule has 30 heavy (non-hydrogen) atoms. The zero-order chi connectivity index (χ0) is 21.7. The average Bonchev–Trinajstić information content (AvgIpc) is 2.73. The van der Waals surface area contributed by atoms with E-state index in [1.165, 1.54) is 25.1 Å². The lowest BCUT2D eigenvalue weighted by atomic mass is 9.79. The predicted molar refractivity (Wildman–Crippen MR) is 109 cm³/mol. The van der Waals surface area contributed by atoms with Gasteiger partial charge in [-0.3, -0.25) is 0 Å². The van der Waals surface area contributed by atoms with E-state index >= 15 is 0 Å². The second-order valence-corrected chi connectivity index (χ2v) is 7.77. The second kappa shape index (κ2) is 10.0. The molecule has 1 aliphatic rings. The molecule has 0 bridgehead atoms. The molecule has 0 aliphatic heterocycles. The number of halogens is 3. The van der Waals surface area contributed by atoms with Crippen LogP contribution in [0.5, 0.6) is 11.5 Å². The lowest BCUT2D eigenvalue weighted by Crippen LogP contribution is -2.20. The van der Waals surface area contributed by atoms with Gasteiger partial charge in [-0.05, 0) is 68.2 Å². The van der Waals surface area contributed by atoms with Crippen molar-refractivity contribution in [2.75, 3.05) is 13.2 Å². The maximum absolute atomic E-state index is 14.5. The fraction of sp³-hybridized carbons (Fsp3) is 0.417. The van der Waals surface area contributed by atoms with Crippen molar-refractivity contribution in [1.29, 1.82) is 0 Å². The summed E-state index contributed by atoms with van der Waals surface area (Å²) in [4.78, 5) is 0. The summed E-state index contributed by atoms with van der Waals surface area (Å²) in [5.74, 6) is -1.79. The van der Waals surface area contributed by atoms with Crippen molar-refractivity contribution in [3.05, 3.63) is 71.6 Å². The maximum Gasteiger partial charge on any atom is 0.200 e. The van der Waals surface area contributed by atoms with Crippen LogP contribution in [0.2, 0.25) is 0 Å². The van der Waals surface area contributed by atoms with Crippen LogP contribution >= 0.6 is 0 Å². The number of hydrogen-bond donors (Lipinski definition) is 1. The molecule has 0 spiro atoms. The van der Waals surface area contributed by atoms with Crippen LogP contribution in [0.4, 0.5) is 13.2 Å². The van der Waals surface area contributed by atoms with Crippen molar-refractivity contribution >= 4 is 0 Å². The largest absolute Gasteiger partial charge is 0.490 e.